The number of urea groups is 1. The number of amidine groups is 2. The lowest BCUT2D eigenvalue weighted by atomic mass is 10.2. The number of hydrogen-bond donors (Lipinski definition) is 6. The maximum absolute atomic E-state index is 12.3. The molecule has 0 bridgehead atoms. The molecule has 0 unspecified atom stereocenters. The van der Waals surface area contributed by atoms with Crippen LogP contribution in [0.2, 0.25) is 0 Å². The Morgan fingerprint density at radius 1 is 0.778 bits per heavy atom. The van der Waals surface area contributed by atoms with E-state index >= 15 is 0 Å². The Bertz CT molecular complexity index is 1030. The van der Waals surface area contributed by atoms with Crippen molar-refractivity contribution >= 4 is 41.0 Å². The Morgan fingerprint density at radius 2 is 1.17 bits per heavy atom. The molecule has 11 nitrogen and oxygen atoms in total. The van der Waals surface area contributed by atoms with Crippen LogP contribution in [0.4, 0.5) is 16.2 Å². The molecule has 0 saturated heterocycles. The summed E-state index contributed by atoms with van der Waals surface area (Å²) in [5.41, 5.74) is 3.36. The molecule has 4 rings (SSSR count). The molecule has 0 radical (unpaired) electrons. The molecule has 0 aromatic heterocycles. The minimum Gasteiger partial charge on any atom is -0.481 e. The highest BCUT2D eigenvalue weighted by molar-refractivity contribution is 6.04. The monoisotopic (exact) mass is 496 g/mol. The van der Waals surface area contributed by atoms with E-state index in [1.54, 1.807) is 13.8 Å². The van der Waals surface area contributed by atoms with E-state index in [-0.39, 0.29) is 18.9 Å². The SMILES string of the molecule is CCC(=O)O.CCC(=O)O.O=C(Nc1cccc(C2=NCCN2)c1)Nc1cccc(C2=NCCN2)c1. The number of anilines is 2. The van der Waals surface area contributed by atoms with Gasteiger partial charge in [-0.3, -0.25) is 19.6 Å². The number of nitrogens with zero attached hydrogens (tertiary/aromatic N) is 2. The molecule has 2 amide bonds. The number of carbonyl (C=O) groups excluding carboxylic acids is 1. The van der Waals surface area contributed by atoms with Gasteiger partial charge in [0.15, 0.2) is 0 Å². The Morgan fingerprint density at radius 3 is 1.47 bits per heavy atom. The first-order valence-electron chi connectivity index (χ1n) is 11.6. The van der Waals surface area contributed by atoms with Crippen molar-refractivity contribution in [3.63, 3.8) is 0 Å². The Kier molecular flexibility index (Phi) is 11.4. The summed E-state index contributed by atoms with van der Waals surface area (Å²) in [6.07, 6.45) is 0.444. The number of hydrogen-bond acceptors (Lipinski definition) is 7. The van der Waals surface area contributed by atoms with Gasteiger partial charge in [0.1, 0.15) is 11.7 Å². The lowest BCUT2D eigenvalue weighted by molar-refractivity contribution is -0.137. The topological polar surface area (TPSA) is 165 Å². The molecule has 11 heteroatoms. The third-order valence-corrected chi connectivity index (χ3v) is 4.74. The van der Waals surface area contributed by atoms with Gasteiger partial charge in [0.2, 0.25) is 0 Å². The first-order chi connectivity index (χ1) is 17.3. The minimum absolute atomic E-state index is 0.222. The van der Waals surface area contributed by atoms with Crippen LogP contribution in [0.5, 0.6) is 0 Å². The number of rotatable bonds is 6. The van der Waals surface area contributed by atoms with Gasteiger partial charge < -0.3 is 31.5 Å². The van der Waals surface area contributed by atoms with Crippen molar-refractivity contribution in [3.05, 3.63) is 59.7 Å². The van der Waals surface area contributed by atoms with Crippen molar-refractivity contribution in [1.82, 2.24) is 10.6 Å². The molecule has 6 N–H and O–H groups in total. The summed E-state index contributed by atoms with van der Waals surface area (Å²) in [6.45, 7) is 6.46. The van der Waals surface area contributed by atoms with Gasteiger partial charge in [-0.2, -0.15) is 0 Å². The molecule has 2 aliphatic heterocycles. The first kappa shape index (κ1) is 27.8. The number of amides is 2. The van der Waals surface area contributed by atoms with Crippen molar-refractivity contribution < 1.29 is 24.6 Å². The van der Waals surface area contributed by atoms with E-state index in [2.05, 4.69) is 31.3 Å². The normalized spacial score (nSPS) is 13.3. The zero-order chi connectivity index (χ0) is 26.3. The third kappa shape index (κ3) is 9.84. The Labute approximate surface area is 209 Å². The lowest BCUT2D eigenvalue weighted by Gasteiger charge is -2.10. The second-order valence-electron chi connectivity index (χ2n) is 7.55. The number of benzene rings is 2. The lowest BCUT2D eigenvalue weighted by Crippen LogP contribution is -2.22. The predicted octanol–water partition coefficient (Wildman–Crippen LogP) is 2.99. The van der Waals surface area contributed by atoms with Crippen molar-refractivity contribution in [1.29, 1.82) is 0 Å². The summed E-state index contributed by atoms with van der Waals surface area (Å²) < 4.78 is 0. The standard InChI is InChI=1S/C19H20N6O.2C3H6O2/c26-19(24-15-5-1-3-13(11-15)17-20-7-8-21-17)25-16-6-2-4-14(12-16)18-22-9-10-23-18;2*1-2-3(4)5/h1-6,11-12H,7-10H2,(H,20,21)(H,22,23)(H2,24,25,26);2*2H2,1H3,(H,4,5). The van der Waals surface area contributed by atoms with Crippen LogP contribution in [-0.4, -0.2) is 66.0 Å². The van der Waals surface area contributed by atoms with Gasteiger partial charge in [-0.15, -0.1) is 0 Å². The highest BCUT2D eigenvalue weighted by Gasteiger charge is 2.11. The smallest absolute Gasteiger partial charge is 0.323 e. The average Bonchev–Trinajstić information content (AvgIpc) is 3.60. The van der Waals surface area contributed by atoms with Crippen LogP contribution in [0.3, 0.4) is 0 Å². The Hall–Kier alpha value is -4.41. The fraction of sp³-hybridized carbons (Fsp3) is 0.320. The molecule has 0 saturated carbocycles. The van der Waals surface area contributed by atoms with Crippen LogP contribution in [-0.2, 0) is 9.59 Å². The number of carboxylic acids is 2. The van der Waals surface area contributed by atoms with E-state index in [0.717, 1.165) is 60.4 Å². The molecular weight excluding hydrogens is 464 g/mol. The summed E-state index contributed by atoms with van der Waals surface area (Å²) >= 11 is 0. The second kappa shape index (κ2) is 14.8. The molecular formula is C25H32N6O5. The summed E-state index contributed by atoms with van der Waals surface area (Å²) in [5.74, 6) is 0.244. The fourth-order valence-corrected chi connectivity index (χ4v) is 2.96. The Balaban J connectivity index is 0.000000389. The summed E-state index contributed by atoms with van der Waals surface area (Å²) in [4.78, 5) is 39.9. The molecule has 2 heterocycles. The summed E-state index contributed by atoms with van der Waals surface area (Å²) in [6, 6.07) is 15.0. The third-order valence-electron chi connectivity index (χ3n) is 4.74. The molecule has 0 atom stereocenters. The maximum atomic E-state index is 12.3. The zero-order valence-corrected chi connectivity index (χ0v) is 20.4. The van der Waals surface area contributed by atoms with E-state index in [4.69, 9.17) is 10.2 Å². The zero-order valence-electron chi connectivity index (χ0n) is 20.4. The van der Waals surface area contributed by atoms with Crippen LogP contribution < -0.4 is 21.3 Å². The first-order valence-corrected chi connectivity index (χ1v) is 11.6. The quantitative estimate of drug-likeness (QED) is 0.358. The second-order valence-corrected chi connectivity index (χ2v) is 7.55. The van der Waals surface area contributed by atoms with Crippen LogP contribution in [0.1, 0.15) is 37.8 Å². The fourth-order valence-electron chi connectivity index (χ4n) is 2.96. The molecule has 0 spiro atoms. The van der Waals surface area contributed by atoms with Crippen molar-refractivity contribution in [2.45, 2.75) is 26.7 Å². The van der Waals surface area contributed by atoms with Gasteiger partial charge in [0.05, 0.1) is 13.1 Å². The van der Waals surface area contributed by atoms with E-state index in [9.17, 15) is 14.4 Å². The van der Waals surface area contributed by atoms with E-state index < -0.39 is 11.9 Å². The van der Waals surface area contributed by atoms with E-state index in [1.807, 2.05) is 48.5 Å². The minimum atomic E-state index is -0.745. The highest BCUT2D eigenvalue weighted by Crippen LogP contribution is 2.15. The number of aliphatic imine (C=N–C) groups is 2. The number of carbonyl (C=O) groups is 3. The van der Waals surface area contributed by atoms with Crippen molar-refractivity contribution in [2.75, 3.05) is 36.8 Å². The summed E-state index contributed by atoms with van der Waals surface area (Å²) in [5, 5.41) is 27.6. The van der Waals surface area contributed by atoms with Crippen LogP contribution in [0.15, 0.2) is 58.5 Å². The molecule has 2 aromatic carbocycles. The summed E-state index contributed by atoms with van der Waals surface area (Å²) in [7, 11) is 0. The largest absolute Gasteiger partial charge is 0.481 e. The van der Waals surface area contributed by atoms with Gasteiger partial charge in [-0.1, -0.05) is 38.1 Å². The maximum Gasteiger partial charge on any atom is 0.323 e. The number of nitrogens with one attached hydrogen (secondary N) is 4. The molecule has 2 aromatic rings. The van der Waals surface area contributed by atoms with Gasteiger partial charge in [-0.25, -0.2) is 4.79 Å². The van der Waals surface area contributed by atoms with Crippen LogP contribution in [0.25, 0.3) is 0 Å². The molecule has 2 aliphatic rings. The van der Waals surface area contributed by atoms with Crippen molar-refractivity contribution in [2.24, 2.45) is 9.98 Å². The molecule has 0 fully saturated rings. The van der Waals surface area contributed by atoms with Crippen LogP contribution >= 0.6 is 0 Å². The van der Waals surface area contributed by atoms with Gasteiger partial charge in [0.25, 0.3) is 0 Å². The molecule has 192 valence electrons. The van der Waals surface area contributed by atoms with Crippen LogP contribution in [0, 0.1) is 0 Å². The number of aliphatic carboxylic acids is 2. The van der Waals surface area contributed by atoms with E-state index in [0.29, 0.717) is 0 Å². The highest BCUT2D eigenvalue weighted by atomic mass is 16.4. The molecule has 0 aliphatic carbocycles. The predicted molar refractivity (Wildman–Crippen MR) is 140 cm³/mol. The van der Waals surface area contributed by atoms with Gasteiger partial charge in [-0.05, 0) is 24.3 Å². The van der Waals surface area contributed by atoms with E-state index in [1.165, 1.54) is 0 Å². The van der Waals surface area contributed by atoms with Gasteiger partial charge >= 0.3 is 18.0 Å². The molecule has 36 heavy (non-hydrogen) atoms. The number of carboxylic acid groups (broad SMARTS) is 2. The van der Waals surface area contributed by atoms with Crippen molar-refractivity contribution in [3.8, 4) is 0 Å². The average molecular weight is 497 g/mol. The van der Waals surface area contributed by atoms with Gasteiger partial charge in [0, 0.05) is 48.4 Å².